The van der Waals surface area contributed by atoms with Gasteiger partial charge in [0.2, 0.25) is 16.0 Å². The molecule has 1 aromatic heterocycles. The Labute approximate surface area is 139 Å². The zero-order valence-corrected chi connectivity index (χ0v) is 15.4. The van der Waals surface area contributed by atoms with E-state index in [0.29, 0.717) is 37.8 Å². The van der Waals surface area contributed by atoms with Crippen molar-refractivity contribution in [2.24, 2.45) is 0 Å². The van der Waals surface area contributed by atoms with E-state index in [1.54, 1.807) is 0 Å². The summed E-state index contributed by atoms with van der Waals surface area (Å²) in [6, 6.07) is 2.02. The smallest absolute Gasteiger partial charge is 0.227 e. The van der Waals surface area contributed by atoms with Crippen molar-refractivity contribution < 1.29 is 8.42 Å². The molecular weight excluding hydrogens is 314 g/mol. The van der Waals surface area contributed by atoms with E-state index in [1.807, 2.05) is 25.1 Å². The second-order valence-corrected chi connectivity index (χ2v) is 8.60. The number of anilines is 2. The van der Waals surface area contributed by atoms with Crippen LogP contribution < -0.4 is 14.5 Å². The van der Waals surface area contributed by atoms with Gasteiger partial charge in [-0.3, -0.25) is 0 Å². The molecule has 0 atom stereocenters. The molecule has 1 aliphatic rings. The van der Waals surface area contributed by atoms with Gasteiger partial charge in [-0.2, -0.15) is 4.98 Å². The molecule has 0 spiro atoms. The highest BCUT2D eigenvalue weighted by Crippen LogP contribution is 2.25. The number of hydrogen-bond donors (Lipinski definition) is 1. The lowest BCUT2D eigenvalue weighted by atomic mass is 10.1. The van der Waals surface area contributed by atoms with Gasteiger partial charge in [0.15, 0.2) is 0 Å². The minimum absolute atomic E-state index is 0.316. The van der Waals surface area contributed by atoms with Crippen LogP contribution in [0.2, 0.25) is 0 Å². The van der Waals surface area contributed by atoms with Crippen LogP contribution in [-0.2, 0) is 10.0 Å². The van der Waals surface area contributed by atoms with Gasteiger partial charge in [0.25, 0.3) is 0 Å². The Morgan fingerprint density at radius 1 is 1.26 bits per heavy atom. The van der Waals surface area contributed by atoms with Crippen LogP contribution in [0.15, 0.2) is 6.07 Å². The highest BCUT2D eigenvalue weighted by molar-refractivity contribution is 7.90. The maximum absolute atomic E-state index is 11.9. The fraction of sp³-hybridized carbons (Fsp3) is 0.733. The van der Waals surface area contributed by atoms with Crippen molar-refractivity contribution in [3.8, 4) is 0 Å². The van der Waals surface area contributed by atoms with Crippen LogP contribution in [0, 0.1) is 0 Å². The maximum Gasteiger partial charge on any atom is 0.227 e. The summed E-state index contributed by atoms with van der Waals surface area (Å²) in [4.78, 5) is 13.3. The third-order valence-corrected chi connectivity index (χ3v) is 6.12. The molecule has 1 fully saturated rings. The highest BCUT2D eigenvalue weighted by Gasteiger charge is 2.29. The first kappa shape index (κ1) is 17.9. The van der Waals surface area contributed by atoms with Crippen molar-refractivity contribution in [3.05, 3.63) is 11.8 Å². The van der Waals surface area contributed by atoms with Gasteiger partial charge >= 0.3 is 0 Å². The first-order chi connectivity index (χ1) is 10.7. The van der Waals surface area contributed by atoms with Gasteiger partial charge in [-0.15, -0.1) is 0 Å². The number of piperidine rings is 1. The molecule has 0 unspecified atom stereocenters. The zero-order valence-electron chi connectivity index (χ0n) is 14.6. The largest absolute Gasteiger partial charge is 0.356 e. The molecule has 0 aliphatic carbocycles. The molecule has 2 heterocycles. The molecular formula is C15H27N5O2S. The predicted molar refractivity (Wildman–Crippen MR) is 93.7 cm³/mol. The van der Waals surface area contributed by atoms with Crippen molar-refractivity contribution in [1.29, 1.82) is 0 Å². The molecule has 7 nitrogen and oxygen atoms in total. The molecule has 0 saturated carbocycles. The second-order valence-electron chi connectivity index (χ2n) is 6.44. The molecule has 1 N–H and O–H groups in total. The fourth-order valence-electron chi connectivity index (χ4n) is 2.66. The van der Waals surface area contributed by atoms with E-state index in [2.05, 4.69) is 33.4 Å². The molecule has 8 heteroatoms. The Morgan fingerprint density at radius 3 is 2.35 bits per heavy atom. The SMILES string of the molecule is CNS(=O)(=O)C1CCN(c2cc(C(C)C)nc(N(C)C)n2)CC1. The Kier molecular flexibility index (Phi) is 5.46. The van der Waals surface area contributed by atoms with Crippen LogP contribution in [0.3, 0.4) is 0 Å². The molecule has 0 radical (unpaired) electrons. The molecule has 130 valence electrons. The van der Waals surface area contributed by atoms with Crippen LogP contribution in [0.5, 0.6) is 0 Å². The predicted octanol–water partition coefficient (Wildman–Crippen LogP) is 1.18. The van der Waals surface area contributed by atoms with Crippen molar-refractivity contribution in [2.45, 2.75) is 37.9 Å². The van der Waals surface area contributed by atoms with E-state index in [1.165, 1.54) is 7.05 Å². The Bertz CT molecular complexity index is 611. The van der Waals surface area contributed by atoms with E-state index in [4.69, 9.17) is 0 Å². The van der Waals surface area contributed by atoms with Crippen molar-refractivity contribution in [3.63, 3.8) is 0 Å². The molecule has 23 heavy (non-hydrogen) atoms. The zero-order chi connectivity index (χ0) is 17.2. The van der Waals surface area contributed by atoms with Crippen LogP contribution in [0.4, 0.5) is 11.8 Å². The summed E-state index contributed by atoms with van der Waals surface area (Å²) in [5.41, 5.74) is 1.00. The summed E-state index contributed by atoms with van der Waals surface area (Å²) in [7, 11) is 2.14. The summed E-state index contributed by atoms with van der Waals surface area (Å²) >= 11 is 0. The van der Waals surface area contributed by atoms with Gasteiger partial charge in [-0.25, -0.2) is 18.1 Å². The first-order valence-corrected chi connectivity index (χ1v) is 9.53. The highest BCUT2D eigenvalue weighted by atomic mass is 32.2. The van der Waals surface area contributed by atoms with Crippen LogP contribution in [0.25, 0.3) is 0 Å². The number of rotatable bonds is 5. The van der Waals surface area contributed by atoms with Gasteiger partial charge in [-0.05, 0) is 25.8 Å². The third-order valence-electron chi connectivity index (χ3n) is 4.20. The van der Waals surface area contributed by atoms with E-state index in [-0.39, 0.29) is 5.25 Å². The minimum Gasteiger partial charge on any atom is -0.356 e. The standard InChI is InChI=1S/C15H27N5O2S/c1-11(2)13-10-14(18-15(17-13)19(4)5)20-8-6-12(7-9-20)23(21,22)16-3/h10-12,16H,6-9H2,1-5H3. The summed E-state index contributed by atoms with van der Waals surface area (Å²) in [5, 5.41) is -0.316. The molecule has 0 aromatic carbocycles. The first-order valence-electron chi connectivity index (χ1n) is 7.98. The quantitative estimate of drug-likeness (QED) is 0.866. The van der Waals surface area contributed by atoms with Crippen LogP contribution >= 0.6 is 0 Å². The molecule has 0 bridgehead atoms. The van der Waals surface area contributed by atoms with E-state index in [0.717, 1.165) is 11.5 Å². The second kappa shape index (κ2) is 7.00. The van der Waals surface area contributed by atoms with Gasteiger partial charge in [0.05, 0.1) is 10.9 Å². The lowest BCUT2D eigenvalue weighted by Crippen LogP contribution is -2.43. The normalized spacial score (nSPS) is 16.9. The van der Waals surface area contributed by atoms with E-state index >= 15 is 0 Å². The molecule has 1 aliphatic heterocycles. The lowest BCUT2D eigenvalue weighted by Gasteiger charge is -2.33. The van der Waals surface area contributed by atoms with Crippen molar-refractivity contribution in [2.75, 3.05) is 44.0 Å². The fourth-order valence-corrected chi connectivity index (χ4v) is 3.82. The Morgan fingerprint density at radius 2 is 1.87 bits per heavy atom. The molecule has 2 rings (SSSR count). The van der Waals surface area contributed by atoms with Gasteiger partial charge in [0, 0.05) is 33.3 Å². The average Bonchev–Trinajstić information content (AvgIpc) is 2.54. The Hall–Kier alpha value is -1.41. The molecule has 0 amide bonds. The van der Waals surface area contributed by atoms with Gasteiger partial charge < -0.3 is 9.80 Å². The summed E-state index contributed by atoms with van der Waals surface area (Å²) in [5.74, 6) is 1.89. The van der Waals surface area contributed by atoms with E-state index < -0.39 is 10.0 Å². The summed E-state index contributed by atoms with van der Waals surface area (Å²) < 4.78 is 26.3. The number of nitrogens with one attached hydrogen (secondary N) is 1. The number of aromatic nitrogens is 2. The third kappa shape index (κ3) is 4.11. The van der Waals surface area contributed by atoms with Crippen LogP contribution in [0.1, 0.15) is 38.3 Å². The van der Waals surface area contributed by atoms with E-state index in [9.17, 15) is 8.42 Å². The van der Waals surface area contributed by atoms with Crippen molar-refractivity contribution >= 4 is 21.8 Å². The lowest BCUT2D eigenvalue weighted by molar-refractivity contribution is 0.522. The monoisotopic (exact) mass is 341 g/mol. The van der Waals surface area contributed by atoms with Crippen LogP contribution in [-0.4, -0.2) is 57.9 Å². The van der Waals surface area contributed by atoms with Crippen molar-refractivity contribution in [1.82, 2.24) is 14.7 Å². The number of hydrogen-bond acceptors (Lipinski definition) is 6. The summed E-state index contributed by atoms with van der Waals surface area (Å²) in [6.07, 6.45) is 1.23. The van der Waals surface area contributed by atoms with Gasteiger partial charge in [-0.1, -0.05) is 13.8 Å². The van der Waals surface area contributed by atoms with Gasteiger partial charge in [0.1, 0.15) is 5.82 Å². The summed E-state index contributed by atoms with van der Waals surface area (Å²) in [6.45, 7) is 5.59. The number of sulfonamides is 1. The molecule has 1 aromatic rings. The molecule has 1 saturated heterocycles. The number of nitrogens with zero attached hydrogens (tertiary/aromatic N) is 4. The minimum atomic E-state index is -3.19. The maximum atomic E-state index is 11.9. The Balaban J connectivity index is 2.20. The topological polar surface area (TPSA) is 78.4 Å². The average molecular weight is 341 g/mol.